The lowest BCUT2D eigenvalue weighted by Crippen LogP contribution is -2.29. The zero-order chi connectivity index (χ0) is 16.1. The summed E-state index contributed by atoms with van der Waals surface area (Å²) in [6, 6.07) is 6.74. The van der Waals surface area contributed by atoms with Crippen molar-refractivity contribution < 1.29 is 9.32 Å². The van der Waals surface area contributed by atoms with Crippen molar-refractivity contribution in [2.45, 2.75) is 31.6 Å². The Morgan fingerprint density at radius 2 is 2.17 bits per heavy atom. The Morgan fingerprint density at radius 1 is 1.35 bits per heavy atom. The molecule has 0 amide bonds. The van der Waals surface area contributed by atoms with Gasteiger partial charge in [-0.3, -0.25) is 0 Å². The van der Waals surface area contributed by atoms with Crippen LogP contribution in [0.1, 0.15) is 36.3 Å². The molecule has 0 unspecified atom stereocenters. The molecule has 1 aromatic heterocycles. The molecule has 0 radical (unpaired) electrons. The van der Waals surface area contributed by atoms with Crippen LogP contribution < -0.4 is 5.48 Å². The predicted molar refractivity (Wildman–Crippen MR) is 95.3 cm³/mol. The molecule has 23 heavy (non-hydrogen) atoms. The lowest BCUT2D eigenvalue weighted by atomic mass is 9.89. The number of piperidine rings is 1. The van der Waals surface area contributed by atoms with Gasteiger partial charge in [-0.25, -0.2) is 0 Å². The first-order valence-corrected chi connectivity index (χ1v) is 8.63. The Labute approximate surface area is 142 Å². The van der Waals surface area contributed by atoms with Crippen molar-refractivity contribution in [3.63, 3.8) is 0 Å². The van der Waals surface area contributed by atoms with E-state index in [1.165, 1.54) is 48.0 Å². The van der Waals surface area contributed by atoms with E-state index in [0.717, 1.165) is 19.4 Å². The zero-order valence-corrected chi connectivity index (χ0v) is 14.4. The maximum absolute atomic E-state index is 4.54. The molecule has 5 nitrogen and oxygen atoms in total. The number of H-pyrrole nitrogens is 1. The second-order valence-electron chi connectivity index (χ2n) is 6.36. The summed E-state index contributed by atoms with van der Waals surface area (Å²) >= 11 is 3.50. The third-order valence-corrected chi connectivity index (χ3v) is 4.85. The lowest BCUT2D eigenvalue weighted by molar-refractivity contribution is -0.242. The third-order valence-electron chi connectivity index (χ3n) is 4.78. The first-order valence-electron chi connectivity index (χ1n) is 8.26. The monoisotopic (exact) mass is 335 g/mol. The number of thiol groups is 1. The van der Waals surface area contributed by atoms with E-state index in [9.17, 15) is 0 Å². The molecule has 1 aromatic carbocycles. The van der Waals surface area contributed by atoms with Crippen LogP contribution in [0, 0.1) is 0 Å². The number of aromatic amines is 1. The summed E-state index contributed by atoms with van der Waals surface area (Å²) in [5.41, 5.74) is 6.79. The van der Waals surface area contributed by atoms with Gasteiger partial charge in [-0.1, -0.05) is 6.07 Å². The minimum atomic E-state index is 0.679. The molecule has 1 aliphatic heterocycles. The molecule has 2 aromatic rings. The number of hydrogen-bond donors (Lipinski definition) is 3. The van der Waals surface area contributed by atoms with E-state index >= 15 is 0 Å². The molecule has 1 fully saturated rings. The van der Waals surface area contributed by atoms with Crippen LogP contribution >= 0.6 is 12.9 Å². The Kier molecular flexibility index (Phi) is 5.96. The van der Waals surface area contributed by atoms with Crippen LogP contribution in [0.2, 0.25) is 0 Å². The van der Waals surface area contributed by atoms with E-state index in [1.54, 1.807) is 0 Å². The van der Waals surface area contributed by atoms with Crippen molar-refractivity contribution in [1.82, 2.24) is 15.4 Å². The maximum Gasteiger partial charge on any atom is 0.0457 e. The molecule has 0 spiro atoms. The second kappa shape index (κ2) is 8.17. The highest BCUT2D eigenvalue weighted by Crippen LogP contribution is 2.33. The van der Waals surface area contributed by atoms with Crippen LogP contribution in [0.5, 0.6) is 0 Å². The van der Waals surface area contributed by atoms with Gasteiger partial charge in [-0.15, -0.1) is 9.32 Å². The van der Waals surface area contributed by atoms with Crippen molar-refractivity contribution in [2.24, 2.45) is 0 Å². The van der Waals surface area contributed by atoms with Crippen LogP contribution in [-0.4, -0.2) is 36.6 Å². The standard InChI is InChI=1S/C17H25N3O2S/c1-20-9-6-14(7-10-20)16-12-18-17-5-4-13(11-15(16)17)3-2-8-19-21-22-23/h4-5,11-12,14,18-19,23H,2-3,6-10H2,1H3. The molecule has 126 valence electrons. The molecule has 1 aliphatic rings. The molecule has 2 heterocycles. The smallest absolute Gasteiger partial charge is 0.0457 e. The number of benzene rings is 1. The van der Waals surface area contributed by atoms with Gasteiger partial charge in [0.1, 0.15) is 0 Å². The topological polar surface area (TPSA) is 49.5 Å². The van der Waals surface area contributed by atoms with Gasteiger partial charge < -0.3 is 9.88 Å². The van der Waals surface area contributed by atoms with E-state index in [1.807, 2.05) is 0 Å². The fourth-order valence-electron chi connectivity index (χ4n) is 3.43. The molecular weight excluding hydrogens is 310 g/mol. The number of nitrogens with one attached hydrogen (secondary N) is 2. The lowest BCUT2D eigenvalue weighted by Gasteiger charge is -2.28. The highest BCUT2D eigenvalue weighted by Gasteiger charge is 2.21. The minimum absolute atomic E-state index is 0.679. The number of hydroxylamine groups is 1. The van der Waals surface area contributed by atoms with Gasteiger partial charge in [0.15, 0.2) is 0 Å². The molecule has 0 aliphatic carbocycles. The molecule has 0 atom stereocenters. The van der Waals surface area contributed by atoms with Gasteiger partial charge >= 0.3 is 0 Å². The van der Waals surface area contributed by atoms with Crippen molar-refractivity contribution in [3.8, 4) is 0 Å². The highest BCUT2D eigenvalue weighted by atomic mass is 32.1. The van der Waals surface area contributed by atoms with Gasteiger partial charge in [0, 0.05) is 36.6 Å². The summed E-state index contributed by atoms with van der Waals surface area (Å²) in [4.78, 5) is 10.4. The fourth-order valence-corrected chi connectivity index (χ4v) is 3.49. The SMILES string of the molecule is CN1CCC(c2c[nH]c3ccc(CCCNOOS)cc23)CC1. The normalized spacial score (nSPS) is 17.1. The molecule has 0 bridgehead atoms. The van der Waals surface area contributed by atoms with Crippen LogP contribution in [-0.2, 0) is 15.7 Å². The fraction of sp³-hybridized carbons (Fsp3) is 0.529. The molecular formula is C17H25N3O2S. The predicted octanol–water partition coefficient (Wildman–Crippen LogP) is 3.21. The number of rotatable bonds is 7. The maximum atomic E-state index is 4.54. The summed E-state index contributed by atoms with van der Waals surface area (Å²) in [6.07, 6.45) is 6.70. The number of aromatic nitrogens is 1. The molecule has 6 heteroatoms. The van der Waals surface area contributed by atoms with Gasteiger partial charge in [-0.2, -0.15) is 5.48 Å². The van der Waals surface area contributed by atoms with Gasteiger partial charge in [0.25, 0.3) is 0 Å². The van der Waals surface area contributed by atoms with E-state index in [0.29, 0.717) is 5.92 Å². The summed E-state index contributed by atoms with van der Waals surface area (Å²) in [5, 5.41) is 1.39. The van der Waals surface area contributed by atoms with E-state index in [2.05, 4.69) is 69.0 Å². The van der Waals surface area contributed by atoms with Crippen molar-refractivity contribution in [1.29, 1.82) is 0 Å². The Hall–Kier alpha value is -1.05. The Bertz CT molecular complexity index is 623. The molecule has 0 saturated carbocycles. The van der Waals surface area contributed by atoms with Crippen LogP contribution in [0.3, 0.4) is 0 Å². The second-order valence-corrected chi connectivity index (χ2v) is 6.51. The van der Waals surface area contributed by atoms with Crippen molar-refractivity contribution >= 4 is 23.8 Å². The molecule has 1 saturated heterocycles. The zero-order valence-electron chi connectivity index (χ0n) is 13.5. The van der Waals surface area contributed by atoms with E-state index < -0.39 is 0 Å². The number of aryl methyl sites for hydroxylation is 1. The van der Waals surface area contributed by atoms with Crippen LogP contribution in [0.15, 0.2) is 24.4 Å². The van der Waals surface area contributed by atoms with Gasteiger partial charge in [0.2, 0.25) is 0 Å². The van der Waals surface area contributed by atoms with Crippen LogP contribution in [0.4, 0.5) is 0 Å². The minimum Gasteiger partial charge on any atom is -0.361 e. The quantitative estimate of drug-likeness (QED) is 0.239. The summed E-state index contributed by atoms with van der Waals surface area (Å²) in [6.45, 7) is 3.11. The average Bonchev–Trinajstić information content (AvgIpc) is 2.99. The summed E-state index contributed by atoms with van der Waals surface area (Å²) in [5.74, 6) is 0.679. The van der Waals surface area contributed by atoms with Crippen molar-refractivity contribution in [3.05, 3.63) is 35.5 Å². The summed E-state index contributed by atoms with van der Waals surface area (Å²) in [7, 11) is 2.21. The average molecular weight is 335 g/mol. The number of nitrogens with zero attached hydrogens (tertiary/aromatic N) is 1. The van der Waals surface area contributed by atoms with Crippen LogP contribution in [0.25, 0.3) is 10.9 Å². The van der Waals surface area contributed by atoms with E-state index in [-0.39, 0.29) is 0 Å². The van der Waals surface area contributed by atoms with Gasteiger partial charge in [0.05, 0.1) is 0 Å². The molecule has 3 rings (SSSR count). The first-order chi connectivity index (χ1) is 11.3. The molecule has 2 N–H and O–H groups in total. The summed E-state index contributed by atoms with van der Waals surface area (Å²) < 4.78 is 4.21. The Morgan fingerprint density at radius 3 is 2.96 bits per heavy atom. The number of hydrogen-bond acceptors (Lipinski definition) is 5. The van der Waals surface area contributed by atoms with E-state index in [4.69, 9.17) is 0 Å². The number of fused-ring (bicyclic) bond motifs is 1. The Balaban J connectivity index is 1.67. The largest absolute Gasteiger partial charge is 0.361 e. The first kappa shape index (κ1) is 16.8. The van der Waals surface area contributed by atoms with Crippen molar-refractivity contribution in [2.75, 3.05) is 26.7 Å². The third kappa shape index (κ3) is 4.28. The number of likely N-dealkylation sites (tertiary alicyclic amines) is 1. The highest BCUT2D eigenvalue weighted by molar-refractivity contribution is 7.74. The van der Waals surface area contributed by atoms with Gasteiger partial charge in [-0.05, 0) is 75.0 Å².